The zero-order valence-electron chi connectivity index (χ0n) is 6.25. The number of thioether (sulfide) groups is 1. The molecule has 1 fully saturated rings. The van der Waals surface area contributed by atoms with Gasteiger partial charge in [0.25, 0.3) is 0 Å². The van der Waals surface area contributed by atoms with E-state index in [2.05, 4.69) is 0 Å². The minimum Gasteiger partial charge on any atom is -0.228 e. The van der Waals surface area contributed by atoms with Crippen molar-refractivity contribution in [2.24, 2.45) is 0 Å². The van der Waals surface area contributed by atoms with Crippen LogP contribution in [-0.4, -0.2) is 25.0 Å². The lowest BCUT2D eigenvalue weighted by atomic mass is 9.99. The van der Waals surface area contributed by atoms with Gasteiger partial charge in [-0.1, -0.05) is 0 Å². The lowest BCUT2D eigenvalue weighted by Gasteiger charge is -2.38. The van der Waals surface area contributed by atoms with Gasteiger partial charge in [-0.3, -0.25) is 0 Å². The first kappa shape index (κ1) is 8.40. The fourth-order valence-electron chi connectivity index (χ4n) is 1.19. The fraction of sp³-hybridized carbons (Fsp3) is 1.00. The summed E-state index contributed by atoms with van der Waals surface area (Å²) in [5.74, 6) is 0. The standard InChI is InChI=1S/C6H12O2S2/c1-9-6(4-3-5-6)10(2,7)8/h3-5H2,1-2H3. The summed E-state index contributed by atoms with van der Waals surface area (Å²) in [7, 11) is -2.81. The molecule has 0 bridgehead atoms. The zero-order chi connectivity index (χ0) is 7.83. The first-order valence-electron chi connectivity index (χ1n) is 3.27. The van der Waals surface area contributed by atoms with E-state index in [0.29, 0.717) is 0 Å². The van der Waals surface area contributed by atoms with E-state index in [0.717, 1.165) is 19.3 Å². The Labute approximate surface area is 66.3 Å². The van der Waals surface area contributed by atoms with Crippen LogP contribution in [0.3, 0.4) is 0 Å². The summed E-state index contributed by atoms with van der Waals surface area (Å²) in [4.78, 5) is 0. The smallest absolute Gasteiger partial charge is 0.162 e. The molecule has 0 saturated heterocycles. The molecule has 0 N–H and O–H groups in total. The van der Waals surface area contributed by atoms with Crippen molar-refractivity contribution in [1.82, 2.24) is 0 Å². The van der Waals surface area contributed by atoms with Crippen molar-refractivity contribution in [3.63, 3.8) is 0 Å². The van der Waals surface area contributed by atoms with E-state index in [1.807, 2.05) is 6.26 Å². The molecular formula is C6H12O2S2. The van der Waals surface area contributed by atoms with Crippen LogP contribution in [0.5, 0.6) is 0 Å². The van der Waals surface area contributed by atoms with Crippen LogP contribution in [0.15, 0.2) is 0 Å². The lowest BCUT2D eigenvalue weighted by Crippen LogP contribution is -2.40. The molecule has 0 radical (unpaired) electrons. The van der Waals surface area contributed by atoms with Crippen LogP contribution in [-0.2, 0) is 9.84 Å². The van der Waals surface area contributed by atoms with Gasteiger partial charge >= 0.3 is 0 Å². The Bertz CT molecular complexity index is 208. The highest BCUT2D eigenvalue weighted by atomic mass is 32.3. The second-order valence-corrected chi connectivity index (χ2v) is 6.51. The van der Waals surface area contributed by atoms with Crippen molar-refractivity contribution in [3.8, 4) is 0 Å². The third-order valence-electron chi connectivity index (χ3n) is 2.16. The summed E-state index contributed by atoms with van der Waals surface area (Å²) < 4.78 is 21.9. The third kappa shape index (κ3) is 1.07. The number of hydrogen-bond acceptors (Lipinski definition) is 3. The van der Waals surface area contributed by atoms with E-state index in [9.17, 15) is 8.42 Å². The van der Waals surface area contributed by atoms with E-state index >= 15 is 0 Å². The second kappa shape index (κ2) is 2.41. The molecule has 0 aromatic rings. The van der Waals surface area contributed by atoms with Crippen LogP contribution < -0.4 is 0 Å². The summed E-state index contributed by atoms with van der Waals surface area (Å²) in [6.45, 7) is 0. The molecule has 0 unspecified atom stereocenters. The molecule has 10 heavy (non-hydrogen) atoms. The quantitative estimate of drug-likeness (QED) is 0.642. The first-order valence-corrected chi connectivity index (χ1v) is 6.38. The summed E-state index contributed by atoms with van der Waals surface area (Å²) in [5, 5.41) is 0. The summed E-state index contributed by atoms with van der Waals surface area (Å²) in [6.07, 6.45) is 5.96. The average molecular weight is 180 g/mol. The summed E-state index contributed by atoms with van der Waals surface area (Å²) >= 11 is 1.48. The molecule has 60 valence electrons. The van der Waals surface area contributed by atoms with Gasteiger partial charge in [0, 0.05) is 6.26 Å². The summed E-state index contributed by atoms with van der Waals surface area (Å²) in [5.41, 5.74) is 0. The zero-order valence-corrected chi connectivity index (χ0v) is 7.89. The Hall–Kier alpha value is 0.300. The monoisotopic (exact) mass is 180 g/mol. The molecule has 0 aromatic heterocycles. The minimum absolute atomic E-state index is 0.410. The second-order valence-electron chi connectivity index (χ2n) is 2.74. The molecule has 1 aliphatic carbocycles. The maximum Gasteiger partial charge on any atom is 0.162 e. The average Bonchev–Trinajstić information content (AvgIpc) is 1.58. The Kier molecular flexibility index (Phi) is 2.02. The molecule has 2 nitrogen and oxygen atoms in total. The van der Waals surface area contributed by atoms with Crippen molar-refractivity contribution in [3.05, 3.63) is 0 Å². The van der Waals surface area contributed by atoms with Gasteiger partial charge in [0.2, 0.25) is 0 Å². The lowest BCUT2D eigenvalue weighted by molar-refractivity contribution is 0.448. The normalized spacial score (nSPS) is 23.8. The van der Waals surface area contributed by atoms with Crippen LogP contribution in [0.4, 0.5) is 0 Å². The highest BCUT2D eigenvalue weighted by Crippen LogP contribution is 2.46. The fourth-order valence-corrected chi connectivity index (χ4v) is 4.13. The van der Waals surface area contributed by atoms with Crippen molar-refractivity contribution >= 4 is 21.6 Å². The predicted octanol–water partition coefficient (Wildman–Crippen LogP) is 1.27. The van der Waals surface area contributed by atoms with E-state index in [1.54, 1.807) is 0 Å². The van der Waals surface area contributed by atoms with Crippen LogP contribution in [0.2, 0.25) is 0 Å². The Morgan fingerprint density at radius 3 is 1.90 bits per heavy atom. The molecule has 0 spiro atoms. The molecule has 0 amide bonds. The Balaban J connectivity index is 2.85. The highest BCUT2D eigenvalue weighted by Gasteiger charge is 2.45. The van der Waals surface area contributed by atoms with Gasteiger partial charge in [0.15, 0.2) is 9.84 Å². The molecular weight excluding hydrogens is 168 g/mol. The van der Waals surface area contributed by atoms with Gasteiger partial charge in [-0.15, -0.1) is 11.8 Å². The van der Waals surface area contributed by atoms with Crippen molar-refractivity contribution in [1.29, 1.82) is 0 Å². The van der Waals surface area contributed by atoms with Gasteiger partial charge in [0.05, 0.1) is 0 Å². The molecule has 1 aliphatic rings. The number of hydrogen-bond donors (Lipinski definition) is 0. The molecule has 1 rings (SSSR count). The van der Waals surface area contributed by atoms with Crippen LogP contribution in [0, 0.1) is 0 Å². The minimum atomic E-state index is -2.81. The largest absolute Gasteiger partial charge is 0.228 e. The van der Waals surface area contributed by atoms with Gasteiger partial charge < -0.3 is 0 Å². The molecule has 1 saturated carbocycles. The van der Waals surface area contributed by atoms with Gasteiger partial charge in [-0.2, -0.15) is 0 Å². The molecule has 0 heterocycles. The Morgan fingerprint density at radius 1 is 1.40 bits per heavy atom. The van der Waals surface area contributed by atoms with E-state index < -0.39 is 13.9 Å². The van der Waals surface area contributed by atoms with Crippen LogP contribution in [0.1, 0.15) is 19.3 Å². The topological polar surface area (TPSA) is 34.1 Å². The molecule has 0 aliphatic heterocycles. The molecule has 4 heteroatoms. The van der Waals surface area contributed by atoms with Gasteiger partial charge in [-0.25, -0.2) is 8.42 Å². The van der Waals surface area contributed by atoms with E-state index in [-0.39, 0.29) is 0 Å². The first-order chi connectivity index (χ1) is 4.52. The van der Waals surface area contributed by atoms with Crippen LogP contribution >= 0.6 is 11.8 Å². The summed E-state index contributed by atoms with van der Waals surface area (Å²) in [6, 6.07) is 0. The third-order valence-corrected chi connectivity index (χ3v) is 6.48. The van der Waals surface area contributed by atoms with E-state index in [4.69, 9.17) is 0 Å². The maximum atomic E-state index is 11.1. The van der Waals surface area contributed by atoms with Gasteiger partial charge in [0.1, 0.15) is 4.08 Å². The molecule has 0 atom stereocenters. The SMILES string of the molecule is CSC1(S(C)(=O)=O)CCC1. The van der Waals surface area contributed by atoms with Crippen LogP contribution in [0.25, 0.3) is 0 Å². The number of rotatable bonds is 2. The highest BCUT2D eigenvalue weighted by molar-refractivity contribution is 8.14. The van der Waals surface area contributed by atoms with Crippen molar-refractivity contribution < 1.29 is 8.42 Å². The Morgan fingerprint density at radius 2 is 1.90 bits per heavy atom. The maximum absolute atomic E-state index is 11.1. The predicted molar refractivity (Wildman–Crippen MR) is 44.9 cm³/mol. The van der Waals surface area contributed by atoms with E-state index in [1.165, 1.54) is 18.0 Å². The van der Waals surface area contributed by atoms with Crippen molar-refractivity contribution in [2.75, 3.05) is 12.5 Å². The molecule has 0 aromatic carbocycles. The van der Waals surface area contributed by atoms with Gasteiger partial charge in [-0.05, 0) is 25.5 Å². The van der Waals surface area contributed by atoms with Crippen molar-refractivity contribution in [2.45, 2.75) is 23.3 Å². The number of sulfone groups is 1.